The quantitative estimate of drug-likeness (QED) is 0.0995. The topological polar surface area (TPSA) is 89.5 Å². The van der Waals surface area contributed by atoms with Crippen molar-refractivity contribution in [1.29, 1.82) is 0 Å². The predicted octanol–water partition coefficient (Wildman–Crippen LogP) is 10.6. The maximum Gasteiger partial charge on any atom is 0.311 e. The molecule has 60 heavy (non-hydrogen) atoms. The van der Waals surface area contributed by atoms with E-state index >= 15 is 9.13 Å². The van der Waals surface area contributed by atoms with Gasteiger partial charge in [-0.3, -0.25) is 9.13 Å². The lowest BCUT2D eigenvalue weighted by molar-refractivity contribution is 0.403. The third-order valence-electron chi connectivity index (χ3n) is 10.8. The van der Waals surface area contributed by atoms with E-state index in [-0.39, 0.29) is 0 Å². The van der Waals surface area contributed by atoms with E-state index in [1.165, 1.54) is 0 Å². The number of hydrogen-bond donors (Lipinski definition) is 0. The minimum atomic E-state index is -3.64. The number of rotatable bonds is 10. The van der Waals surface area contributed by atoms with Crippen molar-refractivity contribution in [3.05, 3.63) is 168 Å². The molecule has 2 aliphatic rings. The van der Waals surface area contributed by atoms with Gasteiger partial charge in [-0.25, -0.2) is 0 Å². The number of fused-ring (bicyclic) bond motifs is 6. The van der Waals surface area contributed by atoms with Crippen LogP contribution in [-0.2, 0) is 9.13 Å². The molecule has 0 saturated carbocycles. The van der Waals surface area contributed by atoms with Crippen molar-refractivity contribution >= 4 is 60.3 Å². The largest absolute Gasteiger partial charge is 0.496 e. The first-order valence-electron chi connectivity index (χ1n) is 19.2. The molecule has 0 aromatic heterocycles. The third-order valence-corrected chi connectivity index (χ3v) is 15.7. The van der Waals surface area contributed by atoms with Gasteiger partial charge in [0.2, 0.25) is 0 Å². The zero-order valence-corrected chi connectivity index (χ0v) is 35.1. The van der Waals surface area contributed by atoms with Gasteiger partial charge >= 0.3 is 14.7 Å². The summed E-state index contributed by atoms with van der Waals surface area (Å²) in [7, 11) is -0.990. The summed E-state index contributed by atoms with van der Waals surface area (Å²) >= 11 is 0. The molecule has 0 bridgehead atoms. The molecular weight excluding hydrogens is 790 g/mol. The highest BCUT2D eigenvalue weighted by atomic mass is 31.2. The minimum Gasteiger partial charge on any atom is -0.496 e. The van der Waals surface area contributed by atoms with Crippen LogP contribution >= 0.6 is 14.7 Å². The second-order valence-electron chi connectivity index (χ2n) is 14.2. The van der Waals surface area contributed by atoms with Crippen molar-refractivity contribution in [2.24, 2.45) is 0 Å². The lowest BCUT2D eigenvalue weighted by Gasteiger charge is -2.30. The van der Waals surface area contributed by atoms with Gasteiger partial charge in [0, 0.05) is 22.3 Å². The molecular formula is C50H40O8P2. The second-order valence-corrected chi connectivity index (χ2v) is 18.7. The first-order valence-corrected chi connectivity index (χ1v) is 22.5. The summed E-state index contributed by atoms with van der Waals surface area (Å²) in [6, 6.07) is 45.7. The zero-order valence-electron chi connectivity index (χ0n) is 33.3. The molecule has 9 rings (SSSR count). The van der Waals surface area contributed by atoms with Crippen LogP contribution in [0.2, 0.25) is 0 Å². The number of ether oxygens (including phenoxy) is 4. The summed E-state index contributed by atoms with van der Waals surface area (Å²) in [5.74, 6) is 3.00. The first-order chi connectivity index (χ1) is 29.3. The maximum absolute atomic E-state index is 15.0. The molecule has 0 fully saturated rings. The summed E-state index contributed by atoms with van der Waals surface area (Å²) in [5.41, 5.74) is 6.84. The molecule has 0 radical (unpaired) electrons. The van der Waals surface area contributed by atoms with Crippen LogP contribution in [0, 0.1) is 0 Å². The zero-order chi connectivity index (χ0) is 41.4. The van der Waals surface area contributed by atoms with Crippen molar-refractivity contribution in [1.82, 2.24) is 0 Å². The van der Waals surface area contributed by atoms with E-state index in [9.17, 15) is 0 Å². The van der Waals surface area contributed by atoms with Gasteiger partial charge in [-0.15, -0.1) is 0 Å². The van der Waals surface area contributed by atoms with Gasteiger partial charge in [-0.05, 0) is 76.9 Å². The molecule has 10 heteroatoms. The lowest BCUT2D eigenvalue weighted by atomic mass is 10.0. The third kappa shape index (κ3) is 6.68. The van der Waals surface area contributed by atoms with E-state index in [0.29, 0.717) is 55.7 Å². The summed E-state index contributed by atoms with van der Waals surface area (Å²) in [4.78, 5) is 0. The van der Waals surface area contributed by atoms with Gasteiger partial charge in [0.1, 0.15) is 34.5 Å². The van der Waals surface area contributed by atoms with E-state index in [1.54, 1.807) is 40.6 Å². The monoisotopic (exact) mass is 830 g/mol. The lowest BCUT2D eigenvalue weighted by Crippen LogP contribution is -2.26. The molecule has 0 amide bonds. The molecule has 0 N–H and O–H groups in total. The van der Waals surface area contributed by atoms with Crippen molar-refractivity contribution in [2.75, 3.05) is 28.4 Å². The Bertz CT molecular complexity index is 2770. The molecule has 0 saturated heterocycles. The SMILES string of the molecule is COc1cc(P2(=O)Oc3ccccc3-c3ccccc32)c(OC)cc1C=Cc1cccc(C=Cc2cc(OC)c(P3(=O)Oc4ccccc4-c4ccccc43)cc2OC)c1. The summed E-state index contributed by atoms with van der Waals surface area (Å²) in [6.07, 6.45) is 7.84. The van der Waals surface area contributed by atoms with Gasteiger partial charge in [0.05, 0.1) is 49.7 Å². The molecule has 298 valence electrons. The van der Waals surface area contributed by atoms with Crippen LogP contribution in [0.1, 0.15) is 22.3 Å². The Labute approximate surface area is 349 Å². The fourth-order valence-electron chi connectivity index (χ4n) is 7.86. The van der Waals surface area contributed by atoms with E-state index in [2.05, 4.69) is 0 Å². The highest BCUT2D eigenvalue weighted by Crippen LogP contribution is 2.57. The number of para-hydroxylation sites is 2. The number of methoxy groups -OCH3 is 4. The summed E-state index contributed by atoms with van der Waals surface area (Å²) in [5, 5.41) is 2.05. The molecule has 2 heterocycles. The summed E-state index contributed by atoms with van der Waals surface area (Å²) in [6.45, 7) is 0. The molecule has 7 aromatic rings. The molecule has 2 aliphatic heterocycles. The summed E-state index contributed by atoms with van der Waals surface area (Å²) < 4.78 is 66.2. The van der Waals surface area contributed by atoms with Crippen molar-refractivity contribution < 1.29 is 37.1 Å². The smallest absolute Gasteiger partial charge is 0.311 e. The Hall–Kier alpha value is -6.72. The van der Waals surface area contributed by atoms with E-state index in [0.717, 1.165) is 44.5 Å². The van der Waals surface area contributed by atoms with Gasteiger partial charge in [-0.1, -0.05) is 115 Å². The minimum absolute atomic E-state index is 0.418. The molecule has 0 aliphatic carbocycles. The molecule has 0 spiro atoms. The number of benzene rings is 7. The van der Waals surface area contributed by atoms with E-state index in [1.807, 2.05) is 158 Å². The van der Waals surface area contributed by atoms with Crippen LogP contribution in [0.15, 0.2) is 146 Å². The van der Waals surface area contributed by atoms with E-state index < -0.39 is 14.7 Å². The molecule has 2 unspecified atom stereocenters. The highest BCUT2D eigenvalue weighted by Gasteiger charge is 2.42. The Morgan fingerprint density at radius 1 is 0.383 bits per heavy atom. The van der Waals surface area contributed by atoms with E-state index in [4.69, 9.17) is 28.0 Å². The van der Waals surface area contributed by atoms with Crippen LogP contribution in [0.4, 0.5) is 0 Å². The average Bonchev–Trinajstić information content (AvgIpc) is 3.30. The van der Waals surface area contributed by atoms with Crippen LogP contribution in [0.5, 0.6) is 34.5 Å². The molecule has 8 nitrogen and oxygen atoms in total. The second kappa shape index (κ2) is 15.8. The Morgan fingerprint density at radius 3 is 1.18 bits per heavy atom. The van der Waals surface area contributed by atoms with Crippen molar-refractivity contribution in [2.45, 2.75) is 0 Å². The van der Waals surface area contributed by atoms with Gasteiger partial charge in [0.15, 0.2) is 0 Å². The fraction of sp³-hybridized carbons (Fsp3) is 0.0800. The number of hydrogen-bond acceptors (Lipinski definition) is 8. The average molecular weight is 831 g/mol. The van der Waals surface area contributed by atoms with Crippen LogP contribution in [0.25, 0.3) is 46.6 Å². The van der Waals surface area contributed by atoms with Gasteiger partial charge in [-0.2, -0.15) is 0 Å². The van der Waals surface area contributed by atoms with Gasteiger partial charge < -0.3 is 28.0 Å². The van der Waals surface area contributed by atoms with Crippen LogP contribution in [0.3, 0.4) is 0 Å². The normalized spacial score (nSPS) is 17.4. The molecule has 2 atom stereocenters. The molecule has 7 aromatic carbocycles. The van der Waals surface area contributed by atoms with Crippen LogP contribution < -0.4 is 49.2 Å². The Balaban J connectivity index is 1.01. The predicted molar refractivity (Wildman–Crippen MR) is 242 cm³/mol. The van der Waals surface area contributed by atoms with Crippen LogP contribution in [-0.4, -0.2) is 28.4 Å². The first kappa shape index (κ1) is 38.8. The maximum atomic E-state index is 15.0. The fourth-order valence-corrected chi connectivity index (χ4v) is 12.7. The Kier molecular flexibility index (Phi) is 10.2. The highest BCUT2D eigenvalue weighted by molar-refractivity contribution is 7.75. The standard InChI is InChI=1S/C50H40O8P2/c1-53-43-31-49(59(51)47-22-11-7-18-39(47)37-16-5-9-20-41(37)57-59)45(55-3)29-35(43)26-24-33-14-13-15-34(28-33)25-27-36-30-46(56-4)50(32-44(36)54-2)60(52)48-23-12-8-19-40(48)38-17-6-10-21-42(38)58-60/h5-32H,1-4H3. The van der Waals surface area contributed by atoms with Gasteiger partial charge in [0.25, 0.3) is 0 Å². The van der Waals surface area contributed by atoms with Crippen molar-refractivity contribution in [3.63, 3.8) is 0 Å². The Morgan fingerprint density at radius 2 is 0.767 bits per heavy atom. The van der Waals surface area contributed by atoms with Crippen molar-refractivity contribution in [3.8, 4) is 56.8 Å².